The smallest absolute Gasteiger partial charge is 0.276 e. The van der Waals surface area contributed by atoms with Crippen molar-refractivity contribution in [1.29, 1.82) is 0 Å². The lowest BCUT2D eigenvalue weighted by Gasteiger charge is -2.12. The third kappa shape index (κ3) is 4.19. The van der Waals surface area contributed by atoms with Crippen molar-refractivity contribution in [3.63, 3.8) is 0 Å². The summed E-state index contributed by atoms with van der Waals surface area (Å²) in [4.78, 5) is 29.6. The Morgan fingerprint density at radius 1 is 1.13 bits per heavy atom. The van der Waals surface area contributed by atoms with Crippen molar-refractivity contribution >= 4 is 38.2 Å². The predicted molar refractivity (Wildman–Crippen MR) is 118 cm³/mol. The minimum atomic E-state index is -3.81. The van der Waals surface area contributed by atoms with Crippen LogP contribution < -0.4 is 15.6 Å². The van der Waals surface area contributed by atoms with Gasteiger partial charge in [-0.1, -0.05) is 24.3 Å². The summed E-state index contributed by atoms with van der Waals surface area (Å²) in [5.74, 6) is -0.104. The number of amides is 1. The fourth-order valence-electron chi connectivity index (χ4n) is 3.39. The Balaban J connectivity index is 1.65. The molecule has 1 aromatic heterocycles. The first-order chi connectivity index (χ1) is 14.9. The molecule has 0 atom stereocenters. The molecule has 0 saturated carbocycles. The van der Waals surface area contributed by atoms with Crippen LogP contribution in [-0.2, 0) is 16.6 Å². The lowest BCUT2D eigenvalue weighted by molar-refractivity contribution is 0.102. The van der Waals surface area contributed by atoms with E-state index in [4.69, 9.17) is 0 Å². The first kappa shape index (κ1) is 20.7. The monoisotopic (exact) mass is 439 g/mol. The molecule has 3 aromatic rings. The van der Waals surface area contributed by atoms with Gasteiger partial charge in [0.05, 0.1) is 10.3 Å². The Morgan fingerprint density at radius 2 is 1.90 bits per heavy atom. The number of carbonyl (C=O) groups is 1. The van der Waals surface area contributed by atoms with Crippen LogP contribution in [0, 0.1) is 0 Å². The Hall–Kier alpha value is -3.53. The largest absolute Gasteiger partial charge is 0.321 e. The minimum Gasteiger partial charge on any atom is -0.321 e. The summed E-state index contributed by atoms with van der Waals surface area (Å²) in [6, 6.07) is 12.7. The summed E-state index contributed by atoms with van der Waals surface area (Å²) in [6.07, 6.45) is 1.40. The van der Waals surface area contributed by atoms with Gasteiger partial charge >= 0.3 is 0 Å². The summed E-state index contributed by atoms with van der Waals surface area (Å²) in [7, 11) is -3.81. The number of hydrogen-bond acceptors (Lipinski definition) is 6. The molecule has 10 heteroatoms. The molecule has 2 N–H and O–H groups in total. The first-order valence-electron chi connectivity index (χ1n) is 9.86. The first-order valence-corrected chi connectivity index (χ1v) is 11.3. The van der Waals surface area contributed by atoms with Crippen molar-refractivity contribution < 1.29 is 13.2 Å². The number of sulfonamides is 1. The maximum Gasteiger partial charge on any atom is 0.276 e. The van der Waals surface area contributed by atoms with Crippen LogP contribution in [-0.4, -0.2) is 36.5 Å². The molecule has 0 spiro atoms. The van der Waals surface area contributed by atoms with Gasteiger partial charge in [0.1, 0.15) is 5.84 Å². The van der Waals surface area contributed by atoms with Crippen molar-refractivity contribution in [1.82, 2.24) is 14.5 Å². The third-order valence-corrected chi connectivity index (χ3v) is 6.29. The van der Waals surface area contributed by atoms with E-state index in [2.05, 4.69) is 20.1 Å². The van der Waals surface area contributed by atoms with Gasteiger partial charge in [-0.3, -0.25) is 19.3 Å². The summed E-state index contributed by atoms with van der Waals surface area (Å²) >= 11 is 0. The number of carbonyl (C=O) groups excluding carboxylic acids is 1. The van der Waals surface area contributed by atoms with Gasteiger partial charge in [0.2, 0.25) is 0 Å². The second kappa shape index (κ2) is 8.31. The topological polar surface area (TPSA) is 123 Å². The van der Waals surface area contributed by atoms with Gasteiger partial charge in [-0.05, 0) is 37.6 Å². The zero-order chi connectivity index (χ0) is 22.0. The highest BCUT2D eigenvalue weighted by atomic mass is 32.2. The standard InChI is InChI=1S/C21H21N5O4S/c1-2-26-21(28)17-10-4-3-9-16(17)19(24-26)20(27)23-14-7-5-8-15(13-14)31(29,30)25-18-11-6-12-22-18/h3-5,7-10,13H,2,6,11-12H2,1H3,(H,22,25)(H,23,27). The molecule has 31 heavy (non-hydrogen) atoms. The molecule has 160 valence electrons. The molecule has 0 bridgehead atoms. The van der Waals surface area contributed by atoms with E-state index in [0.717, 1.165) is 6.42 Å². The molecule has 0 unspecified atom stereocenters. The Bertz CT molecular complexity index is 1360. The van der Waals surface area contributed by atoms with Gasteiger partial charge in [-0.25, -0.2) is 13.1 Å². The molecule has 1 aliphatic rings. The predicted octanol–water partition coefficient (Wildman–Crippen LogP) is 2.14. The quantitative estimate of drug-likeness (QED) is 0.631. The summed E-state index contributed by atoms with van der Waals surface area (Å²) < 4.78 is 29.0. The fraction of sp³-hybridized carbons (Fsp3) is 0.238. The average Bonchev–Trinajstić information content (AvgIpc) is 3.26. The van der Waals surface area contributed by atoms with Crippen molar-refractivity contribution in [2.24, 2.45) is 4.99 Å². The maximum atomic E-state index is 13.0. The van der Waals surface area contributed by atoms with Crippen molar-refractivity contribution in [3.8, 4) is 0 Å². The van der Waals surface area contributed by atoms with Crippen molar-refractivity contribution in [3.05, 3.63) is 64.6 Å². The molecule has 1 amide bonds. The maximum absolute atomic E-state index is 13.0. The van der Waals surface area contributed by atoms with Crippen LogP contribution in [0.2, 0.25) is 0 Å². The molecule has 2 aromatic carbocycles. The van der Waals surface area contributed by atoms with E-state index in [0.29, 0.717) is 41.8 Å². The number of hydrogen-bond donors (Lipinski definition) is 2. The van der Waals surface area contributed by atoms with E-state index >= 15 is 0 Å². The fourth-order valence-corrected chi connectivity index (χ4v) is 4.52. The van der Waals surface area contributed by atoms with Crippen LogP contribution >= 0.6 is 0 Å². The number of rotatable bonds is 5. The van der Waals surface area contributed by atoms with Gasteiger partial charge in [0.15, 0.2) is 5.69 Å². The SMILES string of the molecule is CCn1nc(C(=O)Nc2cccc(S(=O)(=O)NC3=NCCC3)c2)c2ccccc2c1=O. The Labute approximate surface area is 178 Å². The number of nitrogens with zero attached hydrogens (tertiary/aromatic N) is 3. The second-order valence-corrected chi connectivity index (χ2v) is 8.72. The van der Waals surface area contributed by atoms with E-state index in [-0.39, 0.29) is 16.1 Å². The Kier molecular flexibility index (Phi) is 5.55. The molecule has 0 aliphatic carbocycles. The number of fused-ring (bicyclic) bond motifs is 1. The number of amidine groups is 1. The van der Waals surface area contributed by atoms with Gasteiger partial charge in [0.25, 0.3) is 21.5 Å². The van der Waals surface area contributed by atoms with Gasteiger partial charge in [-0.2, -0.15) is 5.10 Å². The zero-order valence-corrected chi connectivity index (χ0v) is 17.6. The van der Waals surface area contributed by atoms with E-state index in [1.165, 1.54) is 16.8 Å². The number of nitrogens with one attached hydrogen (secondary N) is 2. The lowest BCUT2D eigenvalue weighted by Crippen LogP contribution is -2.29. The minimum absolute atomic E-state index is 0.0104. The second-order valence-electron chi connectivity index (χ2n) is 7.03. The number of aryl methyl sites for hydroxylation is 1. The molecular weight excluding hydrogens is 418 g/mol. The average molecular weight is 439 g/mol. The van der Waals surface area contributed by atoms with Crippen LogP contribution in [0.1, 0.15) is 30.3 Å². The van der Waals surface area contributed by atoms with Crippen LogP contribution in [0.3, 0.4) is 0 Å². The van der Waals surface area contributed by atoms with Gasteiger partial charge in [-0.15, -0.1) is 0 Å². The van der Waals surface area contributed by atoms with E-state index < -0.39 is 15.9 Å². The highest BCUT2D eigenvalue weighted by Crippen LogP contribution is 2.19. The molecule has 1 aliphatic heterocycles. The van der Waals surface area contributed by atoms with E-state index in [9.17, 15) is 18.0 Å². The molecule has 0 saturated heterocycles. The van der Waals surface area contributed by atoms with Gasteiger partial charge in [0, 0.05) is 30.6 Å². The van der Waals surface area contributed by atoms with E-state index in [1.54, 1.807) is 43.3 Å². The normalized spacial score (nSPS) is 13.8. The van der Waals surface area contributed by atoms with Gasteiger partial charge < -0.3 is 5.32 Å². The van der Waals surface area contributed by atoms with Crippen LogP contribution in [0.5, 0.6) is 0 Å². The van der Waals surface area contributed by atoms with Crippen LogP contribution in [0.15, 0.2) is 63.2 Å². The molecule has 2 heterocycles. The molecule has 0 radical (unpaired) electrons. The number of benzene rings is 2. The molecule has 0 fully saturated rings. The zero-order valence-electron chi connectivity index (χ0n) is 16.8. The molecular formula is C21H21N5O4S. The third-order valence-electron chi connectivity index (χ3n) is 4.91. The summed E-state index contributed by atoms with van der Waals surface area (Å²) in [6.45, 7) is 2.68. The summed E-state index contributed by atoms with van der Waals surface area (Å²) in [5, 5.41) is 7.71. The highest BCUT2D eigenvalue weighted by molar-refractivity contribution is 7.90. The molecule has 9 nitrogen and oxygen atoms in total. The number of aliphatic imine (C=N–C) groups is 1. The Morgan fingerprint density at radius 3 is 2.61 bits per heavy atom. The van der Waals surface area contributed by atoms with Crippen LogP contribution in [0.25, 0.3) is 10.8 Å². The highest BCUT2D eigenvalue weighted by Gasteiger charge is 2.20. The molecule has 4 rings (SSSR count). The van der Waals surface area contributed by atoms with Crippen molar-refractivity contribution in [2.45, 2.75) is 31.2 Å². The number of aromatic nitrogens is 2. The van der Waals surface area contributed by atoms with Crippen molar-refractivity contribution in [2.75, 3.05) is 11.9 Å². The van der Waals surface area contributed by atoms with Crippen LogP contribution in [0.4, 0.5) is 5.69 Å². The summed E-state index contributed by atoms with van der Waals surface area (Å²) in [5.41, 5.74) is 0.105. The lowest BCUT2D eigenvalue weighted by atomic mass is 10.1. The number of anilines is 1. The van der Waals surface area contributed by atoms with E-state index in [1.807, 2.05) is 0 Å².